The van der Waals surface area contributed by atoms with E-state index in [9.17, 15) is 4.79 Å². The van der Waals surface area contributed by atoms with Gasteiger partial charge < -0.3 is 14.9 Å². The largest absolute Gasteiger partial charge is 0.496 e. The van der Waals surface area contributed by atoms with Gasteiger partial charge in [0.05, 0.1) is 18.9 Å². The van der Waals surface area contributed by atoms with Crippen molar-refractivity contribution in [1.29, 1.82) is 0 Å². The molecule has 2 N–H and O–H groups in total. The van der Waals surface area contributed by atoms with E-state index >= 15 is 0 Å². The van der Waals surface area contributed by atoms with Crippen LogP contribution < -0.4 is 10.5 Å². The lowest BCUT2D eigenvalue weighted by molar-refractivity contribution is -0.118. The Kier molecular flexibility index (Phi) is 8.04. The van der Waals surface area contributed by atoms with E-state index in [0.29, 0.717) is 41.7 Å². The number of aromatic nitrogens is 1. The molecule has 6 nitrogen and oxygen atoms in total. The summed E-state index contributed by atoms with van der Waals surface area (Å²) in [6.07, 6.45) is 9.60. The lowest BCUT2D eigenvalue weighted by Crippen LogP contribution is -1.97. The molecule has 146 valence electrons. The number of benzene rings is 1. The Labute approximate surface area is 160 Å². The van der Waals surface area contributed by atoms with Gasteiger partial charge in [-0.3, -0.25) is 9.79 Å². The molecule has 0 saturated carbocycles. The molecule has 2 aromatic rings. The molecule has 0 aliphatic rings. The monoisotopic (exact) mass is 371 g/mol. The number of Topliss-reactive ketones (excluding diaryl/α,β-unsaturated/α-hetero) is 1. The van der Waals surface area contributed by atoms with Gasteiger partial charge >= 0.3 is 0 Å². The van der Waals surface area contributed by atoms with Gasteiger partial charge in [0.2, 0.25) is 0 Å². The Balaban J connectivity index is 1.95. The number of ether oxygens (including phenoxy) is 1. The van der Waals surface area contributed by atoms with Crippen LogP contribution in [-0.2, 0) is 11.2 Å². The second-order valence-electron chi connectivity index (χ2n) is 6.49. The third-order valence-corrected chi connectivity index (χ3v) is 4.48. The van der Waals surface area contributed by atoms with Gasteiger partial charge in [-0.2, -0.15) is 0 Å². The lowest BCUT2D eigenvalue weighted by atomic mass is 10.1. The second kappa shape index (κ2) is 10.5. The van der Waals surface area contributed by atoms with Crippen molar-refractivity contribution in [2.75, 3.05) is 19.9 Å². The second-order valence-corrected chi connectivity index (χ2v) is 6.49. The minimum absolute atomic E-state index is 0.344. The van der Waals surface area contributed by atoms with Crippen LogP contribution in [0.15, 0.2) is 27.7 Å². The van der Waals surface area contributed by atoms with Crippen LogP contribution in [0.2, 0.25) is 0 Å². The minimum Gasteiger partial charge on any atom is -0.496 e. The summed E-state index contributed by atoms with van der Waals surface area (Å²) in [7, 11) is 3.31. The number of methoxy groups -OCH3 is 1. The maximum atomic E-state index is 11.3. The third kappa shape index (κ3) is 5.94. The molecule has 1 heterocycles. The number of aryl methyl sites for hydroxylation is 1. The summed E-state index contributed by atoms with van der Waals surface area (Å²) in [4.78, 5) is 19.7. The number of hydrogen-bond acceptors (Lipinski definition) is 6. The number of ketones is 1. The Hall–Kier alpha value is -2.63. The first-order valence-corrected chi connectivity index (χ1v) is 9.45. The van der Waals surface area contributed by atoms with E-state index < -0.39 is 0 Å². The number of oxazole rings is 1. The molecule has 27 heavy (non-hydrogen) atoms. The molecule has 0 radical (unpaired) electrons. The molecule has 0 amide bonds. The summed E-state index contributed by atoms with van der Waals surface area (Å²) in [5.41, 5.74) is 8.29. The number of hydrogen-bond donors (Lipinski definition) is 1. The molecule has 1 aromatic heterocycles. The van der Waals surface area contributed by atoms with Crippen LogP contribution in [0.5, 0.6) is 5.75 Å². The van der Waals surface area contributed by atoms with Crippen LogP contribution in [0.3, 0.4) is 0 Å². The smallest absolute Gasteiger partial charge is 0.194 e. The summed E-state index contributed by atoms with van der Waals surface area (Å²) in [6, 6.07) is 3.67. The average molecular weight is 371 g/mol. The van der Waals surface area contributed by atoms with Crippen LogP contribution in [0.25, 0.3) is 11.3 Å². The van der Waals surface area contributed by atoms with Gasteiger partial charge in [0.15, 0.2) is 11.7 Å². The SMILES string of the molecule is CCC(=O)CCCCCCc1ncc(-c2cc(N)c(C=NC)cc2OC)o1. The topological polar surface area (TPSA) is 90.7 Å². The normalized spacial score (nSPS) is 11.2. The molecule has 0 bridgehead atoms. The number of unbranched alkanes of at least 4 members (excludes halogenated alkanes) is 3. The fourth-order valence-corrected chi connectivity index (χ4v) is 2.90. The van der Waals surface area contributed by atoms with E-state index in [1.165, 1.54) is 0 Å². The molecule has 0 fully saturated rings. The summed E-state index contributed by atoms with van der Waals surface area (Å²) in [5, 5.41) is 0. The highest BCUT2D eigenvalue weighted by Crippen LogP contribution is 2.34. The van der Waals surface area contributed by atoms with E-state index in [4.69, 9.17) is 14.9 Å². The first kappa shape index (κ1) is 20.7. The molecule has 0 aliphatic heterocycles. The molecule has 1 aromatic carbocycles. The fraction of sp³-hybridized carbons (Fsp3) is 0.476. The van der Waals surface area contributed by atoms with Crippen molar-refractivity contribution < 1.29 is 13.9 Å². The van der Waals surface area contributed by atoms with Crippen molar-refractivity contribution in [2.24, 2.45) is 4.99 Å². The standard InChI is InChI=1S/C21H29N3O3/c1-4-16(25)9-7-5-6-8-10-21-24-14-20(27-21)17-12-18(22)15(13-23-2)11-19(17)26-3/h11-14H,4-10,22H2,1-3H3. The van der Waals surface area contributed by atoms with Crippen LogP contribution in [0, 0.1) is 0 Å². The average Bonchev–Trinajstić information content (AvgIpc) is 3.14. The summed E-state index contributed by atoms with van der Waals surface area (Å²) < 4.78 is 11.4. The van der Waals surface area contributed by atoms with Crippen LogP contribution >= 0.6 is 0 Å². The highest BCUT2D eigenvalue weighted by molar-refractivity contribution is 5.90. The molecule has 0 atom stereocenters. The van der Waals surface area contributed by atoms with Crippen molar-refractivity contribution in [2.45, 2.75) is 51.9 Å². The first-order valence-electron chi connectivity index (χ1n) is 9.45. The zero-order chi connectivity index (χ0) is 19.6. The maximum absolute atomic E-state index is 11.3. The highest BCUT2D eigenvalue weighted by Gasteiger charge is 2.14. The Morgan fingerprint density at radius 3 is 2.78 bits per heavy atom. The van der Waals surface area contributed by atoms with Crippen LogP contribution in [0.1, 0.15) is 56.9 Å². The Morgan fingerprint density at radius 2 is 2.07 bits per heavy atom. The first-order chi connectivity index (χ1) is 13.1. The number of rotatable bonds is 11. The number of anilines is 1. The number of nitrogens with zero attached hydrogens (tertiary/aromatic N) is 2. The van der Waals surface area contributed by atoms with Crippen molar-refractivity contribution in [3.63, 3.8) is 0 Å². The Morgan fingerprint density at radius 1 is 1.30 bits per heavy atom. The quantitative estimate of drug-likeness (QED) is 0.358. The molecule has 6 heteroatoms. The summed E-state index contributed by atoms with van der Waals surface area (Å²) in [6.45, 7) is 1.91. The Bertz CT molecular complexity index is 781. The molecule has 0 unspecified atom stereocenters. The van der Waals surface area contributed by atoms with E-state index in [1.807, 2.05) is 19.1 Å². The molecule has 0 aliphatic carbocycles. The molecular formula is C21H29N3O3. The molecular weight excluding hydrogens is 342 g/mol. The van der Waals surface area contributed by atoms with Gasteiger partial charge in [0, 0.05) is 43.8 Å². The fourth-order valence-electron chi connectivity index (χ4n) is 2.90. The number of nitrogen functional groups attached to an aromatic ring is 1. The van der Waals surface area contributed by atoms with E-state index in [2.05, 4.69) is 9.98 Å². The van der Waals surface area contributed by atoms with Crippen molar-refractivity contribution in [3.8, 4) is 17.1 Å². The number of nitrogens with two attached hydrogens (primary N) is 1. The molecule has 0 saturated heterocycles. The van der Waals surface area contributed by atoms with E-state index in [-0.39, 0.29) is 0 Å². The summed E-state index contributed by atoms with van der Waals surface area (Å²) >= 11 is 0. The van der Waals surface area contributed by atoms with Crippen LogP contribution in [-0.4, -0.2) is 31.1 Å². The number of aliphatic imine (C=N–C) groups is 1. The summed E-state index contributed by atoms with van der Waals surface area (Å²) in [5.74, 6) is 2.36. The molecule has 0 spiro atoms. The molecule has 2 rings (SSSR count). The van der Waals surface area contributed by atoms with E-state index in [1.54, 1.807) is 26.6 Å². The number of carbonyl (C=O) groups is 1. The predicted molar refractivity (Wildman–Crippen MR) is 109 cm³/mol. The highest BCUT2D eigenvalue weighted by atomic mass is 16.5. The van der Waals surface area contributed by atoms with Crippen molar-refractivity contribution in [3.05, 3.63) is 29.8 Å². The predicted octanol–water partition coefficient (Wildman–Crippen LogP) is 4.45. The minimum atomic E-state index is 0.344. The van der Waals surface area contributed by atoms with Gasteiger partial charge in [0.1, 0.15) is 11.5 Å². The van der Waals surface area contributed by atoms with Gasteiger partial charge in [-0.15, -0.1) is 0 Å². The van der Waals surface area contributed by atoms with Gasteiger partial charge in [0.25, 0.3) is 0 Å². The third-order valence-electron chi connectivity index (χ3n) is 4.48. The van der Waals surface area contributed by atoms with Gasteiger partial charge in [-0.1, -0.05) is 19.8 Å². The van der Waals surface area contributed by atoms with Gasteiger partial charge in [-0.25, -0.2) is 4.98 Å². The zero-order valence-corrected chi connectivity index (χ0v) is 16.5. The lowest BCUT2D eigenvalue weighted by Gasteiger charge is -2.09. The van der Waals surface area contributed by atoms with Crippen LogP contribution in [0.4, 0.5) is 5.69 Å². The number of carbonyl (C=O) groups excluding carboxylic acids is 1. The van der Waals surface area contributed by atoms with Crippen molar-refractivity contribution in [1.82, 2.24) is 4.98 Å². The van der Waals surface area contributed by atoms with Gasteiger partial charge in [-0.05, 0) is 25.0 Å². The van der Waals surface area contributed by atoms with E-state index in [0.717, 1.165) is 43.2 Å². The zero-order valence-electron chi connectivity index (χ0n) is 16.5. The maximum Gasteiger partial charge on any atom is 0.194 e. The van der Waals surface area contributed by atoms with Crippen molar-refractivity contribution >= 4 is 17.7 Å².